The molecule has 2 nitrogen and oxygen atoms in total. The summed E-state index contributed by atoms with van der Waals surface area (Å²) in [4.78, 5) is 0. The number of rotatable bonds is 7. The standard InChI is InChI=1S/C16H26O2/c1-3-16(12-17-13-16)9-4-5-10-18-15-8-6-7-14(2)11-15/h8,11H,3-7,9-10,12-13H2,1-2H3. The Kier molecular flexibility index (Phi) is 4.87. The molecule has 0 radical (unpaired) electrons. The summed E-state index contributed by atoms with van der Waals surface area (Å²) in [5, 5.41) is 0. The fraction of sp³-hybridized carbons (Fsp3) is 0.750. The van der Waals surface area contributed by atoms with Crippen molar-refractivity contribution >= 4 is 0 Å². The summed E-state index contributed by atoms with van der Waals surface area (Å²) >= 11 is 0. The van der Waals surface area contributed by atoms with Crippen LogP contribution < -0.4 is 0 Å². The van der Waals surface area contributed by atoms with Crippen molar-refractivity contribution in [1.29, 1.82) is 0 Å². The predicted molar refractivity (Wildman–Crippen MR) is 74.4 cm³/mol. The highest BCUT2D eigenvalue weighted by molar-refractivity contribution is 5.21. The number of unbranched alkanes of at least 4 members (excludes halogenated alkanes) is 1. The van der Waals surface area contributed by atoms with Crippen LogP contribution in [-0.4, -0.2) is 19.8 Å². The molecule has 18 heavy (non-hydrogen) atoms. The normalized spacial score (nSPS) is 21.9. The average Bonchev–Trinajstić information content (AvgIpc) is 2.32. The lowest BCUT2D eigenvalue weighted by Gasteiger charge is -2.41. The van der Waals surface area contributed by atoms with Crippen LogP contribution >= 0.6 is 0 Å². The lowest BCUT2D eigenvalue weighted by molar-refractivity contribution is -0.120. The number of allylic oxidation sites excluding steroid dienone is 3. The van der Waals surface area contributed by atoms with Gasteiger partial charge in [0, 0.05) is 5.41 Å². The smallest absolute Gasteiger partial charge is 0.115 e. The van der Waals surface area contributed by atoms with Gasteiger partial charge in [-0.2, -0.15) is 0 Å². The van der Waals surface area contributed by atoms with Crippen LogP contribution in [0.1, 0.15) is 52.4 Å². The van der Waals surface area contributed by atoms with Crippen LogP contribution in [0.4, 0.5) is 0 Å². The van der Waals surface area contributed by atoms with Gasteiger partial charge in [0.25, 0.3) is 0 Å². The third kappa shape index (κ3) is 3.61. The number of hydrogen-bond acceptors (Lipinski definition) is 2. The minimum absolute atomic E-state index is 0.501. The molecule has 0 unspecified atom stereocenters. The minimum Gasteiger partial charge on any atom is -0.494 e. The first kappa shape index (κ1) is 13.7. The molecule has 0 aromatic rings. The van der Waals surface area contributed by atoms with Crippen molar-refractivity contribution in [2.75, 3.05) is 19.8 Å². The van der Waals surface area contributed by atoms with Gasteiger partial charge in [0.15, 0.2) is 0 Å². The number of ether oxygens (including phenoxy) is 2. The molecule has 1 fully saturated rings. The van der Waals surface area contributed by atoms with Crippen LogP contribution in [0, 0.1) is 5.41 Å². The molecule has 0 atom stereocenters. The Labute approximate surface area is 111 Å². The Hall–Kier alpha value is -0.760. The van der Waals surface area contributed by atoms with E-state index in [-0.39, 0.29) is 0 Å². The summed E-state index contributed by atoms with van der Waals surface area (Å²) in [5.74, 6) is 1.08. The maximum Gasteiger partial charge on any atom is 0.115 e. The molecule has 0 saturated carbocycles. The Balaban J connectivity index is 1.58. The van der Waals surface area contributed by atoms with E-state index in [1.54, 1.807) is 0 Å². The first-order chi connectivity index (χ1) is 8.74. The van der Waals surface area contributed by atoms with Crippen LogP contribution in [0.2, 0.25) is 0 Å². The Morgan fingerprint density at radius 3 is 2.78 bits per heavy atom. The summed E-state index contributed by atoms with van der Waals surface area (Å²) in [6.45, 7) is 7.25. The van der Waals surface area contributed by atoms with E-state index in [4.69, 9.17) is 9.47 Å². The largest absolute Gasteiger partial charge is 0.494 e. The fourth-order valence-corrected chi connectivity index (χ4v) is 2.62. The fourth-order valence-electron chi connectivity index (χ4n) is 2.62. The van der Waals surface area contributed by atoms with E-state index in [2.05, 4.69) is 26.0 Å². The zero-order chi connectivity index (χ0) is 12.8. The van der Waals surface area contributed by atoms with Crippen molar-refractivity contribution in [2.45, 2.75) is 52.4 Å². The molecule has 0 aromatic carbocycles. The second-order valence-electron chi connectivity index (χ2n) is 5.79. The van der Waals surface area contributed by atoms with Gasteiger partial charge in [0.1, 0.15) is 5.76 Å². The summed E-state index contributed by atoms with van der Waals surface area (Å²) < 4.78 is 11.2. The highest BCUT2D eigenvalue weighted by Crippen LogP contribution is 2.36. The second kappa shape index (κ2) is 6.42. The zero-order valence-corrected chi connectivity index (χ0v) is 11.8. The molecule has 0 N–H and O–H groups in total. The van der Waals surface area contributed by atoms with Gasteiger partial charge < -0.3 is 9.47 Å². The first-order valence-corrected chi connectivity index (χ1v) is 7.32. The highest BCUT2D eigenvalue weighted by Gasteiger charge is 2.35. The zero-order valence-electron chi connectivity index (χ0n) is 11.8. The van der Waals surface area contributed by atoms with E-state index in [0.29, 0.717) is 5.41 Å². The van der Waals surface area contributed by atoms with E-state index < -0.39 is 0 Å². The van der Waals surface area contributed by atoms with Crippen LogP contribution in [-0.2, 0) is 9.47 Å². The van der Waals surface area contributed by atoms with Crippen molar-refractivity contribution in [2.24, 2.45) is 5.41 Å². The van der Waals surface area contributed by atoms with E-state index in [1.807, 2.05) is 0 Å². The van der Waals surface area contributed by atoms with Crippen LogP contribution in [0.5, 0.6) is 0 Å². The third-order valence-electron chi connectivity index (χ3n) is 4.21. The van der Waals surface area contributed by atoms with Crippen LogP contribution in [0.15, 0.2) is 23.5 Å². The molecule has 0 spiro atoms. The number of hydrogen-bond donors (Lipinski definition) is 0. The molecule has 0 bridgehead atoms. The Morgan fingerprint density at radius 2 is 2.17 bits per heavy atom. The lowest BCUT2D eigenvalue weighted by Crippen LogP contribution is -2.41. The molecule has 1 saturated heterocycles. The van der Waals surface area contributed by atoms with E-state index in [1.165, 1.54) is 31.3 Å². The molecule has 1 heterocycles. The summed E-state index contributed by atoms with van der Waals surface area (Å²) in [6, 6.07) is 0. The molecule has 1 aliphatic carbocycles. The van der Waals surface area contributed by atoms with E-state index in [9.17, 15) is 0 Å². The van der Waals surface area contributed by atoms with Gasteiger partial charge in [-0.3, -0.25) is 0 Å². The predicted octanol–water partition coefficient (Wildman–Crippen LogP) is 4.22. The SMILES string of the molecule is CCC1(CCCCOC2=CCCC(C)=C2)COC1. The maximum atomic E-state index is 5.81. The van der Waals surface area contributed by atoms with Gasteiger partial charge in [-0.05, 0) is 57.6 Å². The van der Waals surface area contributed by atoms with Gasteiger partial charge in [0.05, 0.1) is 19.8 Å². The van der Waals surface area contributed by atoms with Crippen molar-refractivity contribution in [3.05, 3.63) is 23.5 Å². The highest BCUT2D eigenvalue weighted by atomic mass is 16.5. The van der Waals surface area contributed by atoms with Gasteiger partial charge in [-0.1, -0.05) is 12.5 Å². The van der Waals surface area contributed by atoms with Crippen molar-refractivity contribution in [3.8, 4) is 0 Å². The third-order valence-corrected chi connectivity index (χ3v) is 4.21. The van der Waals surface area contributed by atoms with Gasteiger partial charge in [0.2, 0.25) is 0 Å². The maximum absolute atomic E-state index is 5.81. The molecular weight excluding hydrogens is 224 g/mol. The average molecular weight is 250 g/mol. The second-order valence-corrected chi connectivity index (χ2v) is 5.79. The molecule has 0 amide bonds. The van der Waals surface area contributed by atoms with Gasteiger partial charge >= 0.3 is 0 Å². The van der Waals surface area contributed by atoms with Gasteiger partial charge in [-0.25, -0.2) is 0 Å². The summed E-state index contributed by atoms with van der Waals surface area (Å²) in [6.07, 6.45) is 11.7. The quantitative estimate of drug-likeness (QED) is 0.630. The molecule has 0 aromatic heterocycles. The molecule has 2 heteroatoms. The monoisotopic (exact) mass is 250 g/mol. The summed E-state index contributed by atoms with van der Waals surface area (Å²) in [7, 11) is 0. The topological polar surface area (TPSA) is 18.5 Å². The Morgan fingerprint density at radius 1 is 1.33 bits per heavy atom. The summed E-state index contributed by atoms with van der Waals surface area (Å²) in [5.41, 5.74) is 1.93. The minimum atomic E-state index is 0.501. The van der Waals surface area contributed by atoms with Crippen molar-refractivity contribution in [1.82, 2.24) is 0 Å². The molecule has 2 rings (SSSR count). The van der Waals surface area contributed by atoms with Crippen LogP contribution in [0.3, 0.4) is 0 Å². The van der Waals surface area contributed by atoms with Crippen molar-refractivity contribution in [3.63, 3.8) is 0 Å². The molecular formula is C16H26O2. The molecule has 1 aliphatic heterocycles. The first-order valence-electron chi connectivity index (χ1n) is 7.32. The van der Waals surface area contributed by atoms with Crippen LogP contribution in [0.25, 0.3) is 0 Å². The van der Waals surface area contributed by atoms with E-state index in [0.717, 1.165) is 38.4 Å². The molecule has 102 valence electrons. The Bertz CT molecular complexity index is 318. The van der Waals surface area contributed by atoms with Crippen molar-refractivity contribution < 1.29 is 9.47 Å². The van der Waals surface area contributed by atoms with E-state index >= 15 is 0 Å². The lowest BCUT2D eigenvalue weighted by atomic mass is 9.78. The molecule has 2 aliphatic rings. The van der Waals surface area contributed by atoms with Gasteiger partial charge in [-0.15, -0.1) is 0 Å².